The number of aromatic nitrogens is 1. The third-order valence-electron chi connectivity index (χ3n) is 5.32. The van der Waals surface area contributed by atoms with Crippen LogP contribution in [0, 0.1) is 13.8 Å². The van der Waals surface area contributed by atoms with Crippen LogP contribution in [-0.4, -0.2) is 10.1 Å². The Morgan fingerprint density at radius 3 is 2.88 bits per heavy atom. The number of aliphatic hydroxyl groups excluding tert-OH is 1. The maximum absolute atomic E-state index is 10.1. The first kappa shape index (κ1) is 17.3. The molecule has 3 aromatic rings. The summed E-state index contributed by atoms with van der Waals surface area (Å²) in [6, 6.07) is 10.6. The number of anilines is 1. The fourth-order valence-electron chi connectivity index (χ4n) is 3.73. The van der Waals surface area contributed by atoms with E-state index in [4.69, 9.17) is 10.7 Å². The predicted octanol–water partition coefficient (Wildman–Crippen LogP) is 4.97. The van der Waals surface area contributed by atoms with Crippen molar-refractivity contribution in [1.29, 1.82) is 0 Å². The summed E-state index contributed by atoms with van der Waals surface area (Å²) >= 11 is 1.69. The zero-order valence-corrected chi connectivity index (χ0v) is 16.1. The summed E-state index contributed by atoms with van der Waals surface area (Å²) in [4.78, 5) is 4.86. The quantitative estimate of drug-likeness (QED) is 0.645. The van der Waals surface area contributed by atoms with Crippen LogP contribution < -0.4 is 5.73 Å². The van der Waals surface area contributed by atoms with Crippen molar-refractivity contribution in [3.05, 3.63) is 69.2 Å². The number of hydrogen-bond acceptors (Lipinski definition) is 4. The minimum atomic E-state index is -0.309. The first-order valence-corrected chi connectivity index (χ1v) is 10.0. The van der Waals surface area contributed by atoms with Crippen LogP contribution in [0.25, 0.3) is 10.6 Å². The fraction of sp³-hybridized carbons (Fsp3) is 0.318. The van der Waals surface area contributed by atoms with E-state index in [0.29, 0.717) is 0 Å². The number of hydrogen-bond donors (Lipinski definition) is 2. The number of nitrogen functional groups attached to an aromatic ring is 1. The Hall–Kier alpha value is -2.17. The molecular weight excluding hydrogens is 340 g/mol. The molecule has 3 N–H and O–H groups in total. The van der Waals surface area contributed by atoms with E-state index in [1.54, 1.807) is 11.3 Å². The highest BCUT2D eigenvalue weighted by Crippen LogP contribution is 2.34. The Labute approximate surface area is 158 Å². The number of benzene rings is 2. The minimum absolute atomic E-state index is 0.309. The standard InChI is InChI=1S/C22H24N2OS/c1-13-9-20(23)14(2)8-17(13)11-18-12-26-22(24-18)16-6-7-19-15(10-16)4-3-5-21(19)25/h6-10,12,21,25H,3-5,11,23H2,1-2H3. The van der Waals surface area contributed by atoms with Gasteiger partial charge in [-0.15, -0.1) is 11.3 Å². The number of thiazole rings is 1. The highest BCUT2D eigenvalue weighted by Gasteiger charge is 2.18. The van der Waals surface area contributed by atoms with Gasteiger partial charge in [0.2, 0.25) is 0 Å². The van der Waals surface area contributed by atoms with Crippen LogP contribution in [0.3, 0.4) is 0 Å². The third kappa shape index (κ3) is 3.27. The maximum atomic E-state index is 10.1. The van der Waals surface area contributed by atoms with Gasteiger partial charge in [-0.05, 0) is 73.1 Å². The predicted molar refractivity (Wildman–Crippen MR) is 109 cm³/mol. The van der Waals surface area contributed by atoms with E-state index < -0.39 is 0 Å². The van der Waals surface area contributed by atoms with Gasteiger partial charge in [0.15, 0.2) is 0 Å². The lowest BCUT2D eigenvalue weighted by Gasteiger charge is -2.21. The average Bonchev–Trinajstić information content (AvgIpc) is 3.08. The Balaban J connectivity index is 1.60. The second kappa shape index (κ2) is 6.86. The molecule has 1 aromatic heterocycles. The van der Waals surface area contributed by atoms with Crippen LogP contribution in [0.5, 0.6) is 0 Å². The summed E-state index contributed by atoms with van der Waals surface area (Å²) in [5, 5.41) is 13.3. The maximum Gasteiger partial charge on any atom is 0.123 e. The van der Waals surface area contributed by atoms with Gasteiger partial charge in [0.05, 0.1) is 11.8 Å². The van der Waals surface area contributed by atoms with Crippen LogP contribution >= 0.6 is 11.3 Å². The van der Waals surface area contributed by atoms with Crippen LogP contribution in [-0.2, 0) is 12.8 Å². The Morgan fingerprint density at radius 1 is 1.19 bits per heavy atom. The van der Waals surface area contributed by atoms with Crippen molar-refractivity contribution in [2.75, 3.05) is 5.73 Å². The van der Waals surface area contributed by atoms with Gasteiger partial charge in [-0.25, -0.2) is 4.98 Å². The lowest BCUT2D eigenvalue weighted by Crippen LogP contribution is -2.08. The van der Waals surface area contributed by atoms with Gasteiger partial charge >= 0.3 is 0 Å². The number of rotatable bonds is 3. The molecule has 3 nitrogen and oxygen atoms in total. The minimum Gasteiger partial charge on any atom is -0.399 e. The van der Waals surface area contributed by atoms with E-state index in [1.165, 1.54) is 16.7 Å². The second-order valence-electron chi connectivity index (χ2n) is 7.28. The van der Waals surface area contributed by atoms with Crippen molar-refractivity contribution in [2.24, 2.45) is 0 Å². The van der Waals surface area contributed by atoms with Gasteiger partial charge in [-0.1, -0.05) is 18.2 Å². The molecule has 0 aliphatic heterocycles. The Kier molecular flexibility index (Phi) is 4.55. The smallest absolute Gasteiger partial charge is 0.123 e. The lowest BCUT2D eigenvalue weighted by atomic mass is 9.88. The van der Waals surface area contributed by atoms with Crippen LogP contribution in [0.4, 0.5) is 5.69 Å². The van der Waals surface area contributed by atoms with E-state index in [2.05, 4.69) is 36.6 Å². The second-order valence-corrected chi connectivity index (χ2v) is 8.14. The van der Waals surface area contributed by atoms with Gasteiger partial charge < -0.3 is 10.8 Å². The summed E-state index contributed by atoms with van der Waals surface area (Å²) in [5.74, 6) is 0. The van der Waals surface area contributed by atoms with Gasteiger partial charge in [-0.2, -0.15) is 0 Å². The van der Waals surface area contributed by atoms with Crippen molar-refractivity contribution in [2.45, 2.75) is 45.6 Å². The molecule has 4 rings (SSSR count). The van der Waals surface area contributed by atoms with Crippen molar-refractivity contribution in [3.8, 4) is 10.6 Å². The molecular formula is C22H24N2OS. The highest BCUT2D eigenvalue weighted by atomic mass is 32.1. The monoisotopic (exact) mass is 364 g/mol. The van der Waals surface area contributed by atoms with Crippen molar-refractivity contribution in [3.63, 3.8) is 0 Å². The van der Waals surface area contributed by atoms with E-state index in [1.807, 2.05) is 13.0 Å². The summed E-state index contributed by atoms with van der Waals surface area (Å²) in [7, 11) is 0. The molecule has 0 fully saturated rings. The van der Waals surface area contributed by atoms with Gasteiger partial charge in [0.1, 0.15) is 5.01 Å². The molecule has 1 atom stereocenters. The molecule has 0 bridgehead atoms. The first-order valence-electron chi connectivity index (χ1n) is 9.12. The van der Waals surface area contributed by atoms with Gasteiger partial charge in [0.25, 0.3) is 0 Å². The Morgan fingerprint density at radius 2 is 2.04 bits per heavy atom. The molecule has 26 heavy (non-hydrogen) atoms. The molecule has 0 amide bonds. The number of aryl methyl sites for hydroxylation is 3. The van der Waals surface area contributed by atoms with Crippen LogP contribution in [0.15, 0.2) is 35.7 Å². The number of nitrogens with zero attached hydrogens (tertiary/aromatic N) is 1. The van der Waals surface area contributed by atoms with Gasteiger partial charge in [0, 0.05) is 23.1 Å². The third-order valence-corrected chi connectivity index (χ3v) is 6.26. The van der Waals surface area contributed by atoms with Crippen molar-refractivity contribution >= 4 is 17.0 Å². The zero-order valence-electron chi connectivity index (χ0n) is 15.2. The fourth-order valence-corrected chi connectivity index (χ4v) is 4.54. The average molecular weight is 365 g/mol. The number of aliphatic hydroxyl groups is 1. The molecule has 0 radical (unpaired) electrons. The molecule has 1 aliphatic carbocycles. The SMILES string of the molecule is Cc1cc(Cc2csc(-c3ccc4c(c3)CCCC4O)n2)c(C)cc1N. The highest BCUT2D eigenvalue weighted by molar-refractivity contribution is 7.13. The molecule has 0 saturated carbocycles. The van der Waals surface area contributed by atoms with E-state index in [-0.39, 0.29) is 6.10 Å². The van der Waals surface area contributed by atoms with Crippen LogP contribution in [0.1, 0.15) is 52.5 Å². The molecule has 1 aliphatic rings. The Bertz CT molecular complexity index is 961. The molecule has 0 spiro atoms. The van der Waals surface area contributed by atoms with Gasteiger partial charge in [-0.3, -0.25) is 0 Å². The number of fused-ring (bicyclic) bond motifs is 1. The molecule has 1 heterocycles. The number of nitrogens with two attached hydrogens (primary N) is 1. The van der Waals surface area contributed by atoms with E-state index in [0.717, 1.165) is 58.8 Å². The summed E-state index contributed by atoms with van der Waals surface area (Å²) < 4.78 is 0. The van der Waals surface area contributed by atoms with E-state index in [9.17, 15) is 5.11 Å². The topological polar surface area (TPSA) is 59.1 Å². The summed E-state index contributed by atoms with van der Waals surface area (Å²) in [6.07, 6.45) is 3.48. The molecule has 4 heteroatoms. The summed E-state index contributed by atoms with van der Waals surface area (Å²) in [5.41, 5.74) is 15.1. The normalized spacial score (nSPS) is 16.5. The van der Waals surface area contributed by atoms with E-state index >= 15 is 0 Å². The molecule has 134 valence electrons. The molecule has 0 saturated heterocycles. The summed E-state index contributed by atoms with van der Waals surface area (Å²) in [6.45, 7) is 4.15. The largest absolute Gasteiger partial charge is 0.399 e. The zero-order chi connectivity index (χ0) is 18.3. The van der Waals surface area contributed by atoms with Crippen molar-refractivity contribution in [1.82, 2.24) is 4.98 Å². The first-order chi connectivity index (χ1) is 12.5. The van der Waals surface area contributed by atoms with Crippen LogP contribution in [0.2, 0.25) is 0 Å². The van der Waals surface area contributed by atoms with Crippen molar-refractivity contribution < 1.29 is 5.11 Å². The molecule has 1 unspecified atom stereocenters. The lowest BCUT2D eigenvalue weighted by molar-refractivity contribution is 0.156. The molecule has 2 aromatic carbocycles.